The fourth-order valence-corrected chi connectivity index (χ4v) is 4.33. The van der Waals surface area contributed by atoms with Crippen LogP contribution in [0.5, 0.6) is 0 Å². The number of nitrogens with zero attached hydrogens (tertiary/aromatic N) is 2. The summed E-state index contributed by atoms with van der Waals surface area (Å²) in [6.07, 6.45) is -1.09. The number of hydrogen-bond acceptors (Lipinski definition) is 6. The van der Waals surface area contributed by atoms with Gasteiger partial charge in [-0.15, -0.1) is 0 Å². The van der Waals surface area contributed by atoms with Crippen LogP contribution in [0.3, 0.4) is 0 Å². The van der Waals surface area contributed by atoms with E-state index in [0.717, 1.165) is 0 Å². The number of hydrogen-bond donors (Lipinski definition) is 1. The van der Waals surface area contributed by atoms with E-state index in [1.165, 1.54) is 4.90 Å². The number of nitrogens with one attached hydrogen (secondary N) is 1. The van der Waals surface area contributed by atoms with E-state index >= 15 is 0 Å². The molecule has 2 heterocycles. The van der Waals surface area contributed by atoms with Crippen molar-refractivity contribution >= 4 is 22.0 Å². The summed E-state index contributed by atoms with van der Waals surface area (Å²) in [5.41, 5.74) is 2.52. The first-order chi connectivity index (χ1) is 12.0. The third-order valence-corrected chi connectivity index (χ3v) is 5.39. The number of aromatic nitrogens is 1. The number of carbonyl (C=O) groups is 2. The Balaban J connectivity index is 2.26. The monoisotopic (exact) mass is 387 g/mol. The summed E-state index contributed by atoms with van der Waals surface area (Å²) in [5.74, 6) is -0.249. The first-order valence-electron chi connectivity index (χ1n) is 8.19. The zero-order valence-corrected chi connectivity index (χ0v) is 16.5. The van der Waals surface area contributed by atoms with Crippen LogP contribution in [-0.4, -0.2) is 50.2 Å². The van der Waals surface area contributed by atoms with E-state index in [1.54, 1.807) is 39.4 Å². The van der Waals surface area contributed by atoms with Gasteiger partial charge in [-0.1, -0.05) is 0 Å². The van der Waals surface area contributed by atoms with E-state index < -0.39 is 22.0 Å². The zero-order valence-electron chi connectivity index (χ0n) is 15.7. The van der Waals surface area contributed by atoms with Gasteiger partial charge in [0.2, 0.25) is 0 Å². The van der Waals surface area contributed by atoms with E-state index in [2.05, 4.69) is 5.32 Å². The summed E-state index contributed by atoms with van der Waals surface area (Å²) in [6, 6.07) is -0.0788. The SMILES string of the molecule is Cc1c(COC(=O)N(C)C)c(COC(=O)NC(C)C)c2n1CS(=O)(=O)C2. The van der Waals surface area contributed by atoms with Gasteiger partial charge in [-0.25, -0.2) is 18.0 Å². The van der Waals surface area contributed by atoms with Gasteiger partial charge >= 0.3 is 12.2 Å². The summed E-state index contributed by atoms with van der Waals surface area (Å²) in [4.78, 5) is 24.8. The van der Waals surface area contributed by atoms with E-state index in [-0.39, 0.29) is 30.9 Å². The number of sulfone groups is 1. The van der Waals surface area contributed by atoms with Gasteiger partial charge in [0.1, 0.15) is 19.1 Å². The summed E-state index contributed by atoms with van der Waals surface area (Å²) >= 11 is 0. The molecule has 0 radical (unpaired) electrons. The molecule has 0 unspecified atom stereocenters. The van der Waals surface area contributed by atoms with Crippen molar-refractivity contribution in [1.82, 2.24) is 14.8 Å². The molecule has 2 amide bonds. The minimum atomic E-state index is -3.24. The Labute approximate surface area is 153 Å². The predicted molar refractivity (Wildman–Crippen MR) is 94.1 cm³/mol. The Kier molecular flexibility index (Phi) is 5.84. The molecule has 1 aromatic rings. The smallest absolute Gasteiger partial charge is 0.409 e. The second-order valence-electron chi connectivity index (χ2n) is 6.76. The highest BCUT2D eigenvalue weighted by molar-refractivity contribution is 7.89. The van der Waals surface area contributed by atoms with Crippen molar-refractivity contribution in [3.63, 3.8) is 0 Å². The summed E-state index contributed by atoms with van der Waals surface area (Å²) < 4.78 is 36.1. The summed E-state index contributed by atoms with van der Waals surface area (Å²) in [6.45, 7) is 5.26. The molecule has 2 rings (SSSR count). The standard InChI is InChI=1S/C16H25N3O6S/c1-10(2)17-15(20)24-7-13-12(6-25-16(21)18(4)5)11(3)19-9-26(22,23)8-14(13)19/h10H,6-9H2,1-5H3,(H,17,20). The number of amides is 2. The Morgan fingerprint density at radius 3 is 2.38 bits per heavy atom. The molecule has 0 saturated carbocycles. The molecule has 0 aliphatic carbocycles. The van der Waals surface area contributed by atoms with Crippen LogP contribution in [0, 0.1) is 6.92 Å². The molecule has 146 valence electrons. The Bertz CT molecular complexity index is 810. The number of fused-ring (bicyclic) bond motifs is 1. The molecule has 0 spiro atoms. The molecule has 0 fully saturated rings. The average Bonchev–Trinajstić information content (AvgIpc) is 2.94. The van der Waals surface area contributed by atoms with Crippen LogP contribution in [0.25, 0.3) is 0 Å². The molecule has 1 N–H and O–H groups in total. The normalized spacial score (nSPS) is 14.8. The highest BCUT2D eigenvalue weighted by Crippen LogP contribution is 2.31. The molecule has 0 aromatic carbocycles. The van der Waals surface area contributed by atoms with Gasteiger partial charge in [-0.2, -0.15) is 0 Å². The quantitative estimate of drug-likeness (QED) is 0.821. The third kappa shape index (κ3) is 4.48. The second kappa shape index (κ2) is 7.56. The molecule has 0 bridgehead atoms. The van der Waals surface area contributed by atoms with Crippen LogP contribution in [0.1, 0.15) is 36.4 Å². The predicted octanol–water partition coefficient (Wildman–Crippen LogP) is 1.52. The van der Waals surface area contributed by atoms with E-state index in [4.69, 9.17) is 9.47 Å². The Morgan fingerprint density at radius 2 is 1.81 bits per heavy atom. The third-order valence-electron chi connectivity index (χ3n) is 4.02. The van der Waals surface area contributed by atoms with Crippen molar-refractivity contribution in [3.8, 4) is 0 Å². The van der Waals surface area contributed by atoms with E-state index in [0.29, 0.717) is 22.5 Å². The lowest BCUT2D eigenvalue weighted by Gasteiger charge is -2.14. The van der Waals surface area contributed by atoms with Gasteiger partial charge in [-0.05, 0) is 20.8 Å². The maximum absolute atomic E-state index is 12.0. The van der Waals surface area contributed by atoms with Crippen molar-refractivity contribution in [1.29, 1.82) is 0 Å². The van der Waals surface area contributed by atoms with Crippen molar-refractivity contribution in [2.75, 3.05) is 14.1 Å². The van der Waals surface area contributed by atoms with Crippen LogP contribution >= 0.6 is 0 Å². The molecular formula is C16H25N3O6S. The van der Waals surface area contributed by atoms with Gasteiger partial charge in [0.25, 0.3) is 0 Å². The van der Waals surface area contributed by atoms with Gasteiger partial charge < -0.3 is 24.3 Å². The Morgan fingerprint density at radius 1 is 1.19 bits per heavy atom. The highest BCUT2D eigenvalue weighted by Gasteiger charge is 2.32. The second-order valence-corrected chi connectivity index (χ2v) is 8.79. The summed E-state index contributed by atoms with van der Waals surface area (Å²) in [7, 11) is -0.0928. The molecule has 1 aromatic heterocycles. The topological polar surface area (TPSA) is 107 Å². The zero-order chi connectivity index (χ0) is 19.6. The molecule has 10 heteroatoms. The van der Waals surface area contributed by atoms with Gasteiger partial charge in [0.15, 0.2) is 9.84 Å². The molecule has 1 aliphatic heterocycles. The van der Waals surface area contributed by atoms with E-state index in [9.17, 15) is 18.0 Å². The number of ether oxygens (including phenoxy) is 2. The Hall–Kier alpha value is -2.23. The van der Waals surface area contributed by atoms with Crippen LogP contribution < -0.4 is 5.32 Å². The van der Waals surface area contributed by atoms with Crippen LogP contribution in [-0.2, 0) is 44.2 Å². The average molecular weight is 387 g/mol. The molecular weight excluding hydrogens is 362 g/mol. The number of rotatable bonds is 5. The largest absolute Gasteiger partial charge is 0.445 e. The molecule has 0 atom stereocenters. The molecule has 9 nitrogen and oxygen atoms in total. The molecule has 26 heavy (non-hydrogen) atoms. The van der Waals surface area contributed by atoms with Crippen molar-refractivity contribution in [2.24, 2.45) is 0 Å². The van der Waals surface area contributed by atoms with Crippen LogP contribution in [0.2, 0.25) is 0 Å². The van der Waals surface area contributed by atoms with E-state index in [1.807, 2.05) is 0 Å². The first kappa shape index (κ1) is 20.1. The lowest BCUT2D eigenvalue weighted by molar-refractivity contribution is 0.110. The fraction of sp³-hybridized carbons (Fsp3) is 0.625. The van der Waals surface area contributed by atoms with Gasteiger partial charge in [-0.3, -0.25) is 0 Å². The summed E-state index contributed by atoms with van der Waals surface area (Å²) in [5, 5.41) is 2.61. The van der Waals surface area contributed by atoms with Crippen LogP contribution in [0.15, 0.2) is 0 Å². The maximum atomic E-state index is 12.0. The lowest BCUT2D eigenvalue weighted by atomic mass is 10.1. The highest BCUT2D eigenvalue weighted by atomic mass is 32.2. The van der Waals surface area contributed by atoms with Gasteiger partial charge in [0, 0.05) is 42.7 Å². The minimum absolute atomic E-state index is 0.0204. The van der Waals surface area contributed by atoms with Crippen molar-refractivity contribution in [2.45, 2.75) is 51.7 Å². The van der Waals surface area contributed by atoms with Crippen molar-refractivity contribution in [3.05, 3.63) is 22.5 Å². The maximum Gasteiger partial charge on any atom is 0.409 e. The lowest BCUT2D eigenvalue weighted by Crippen LogP contribution is -2.30. The number of alkyl carbamates (subject to hydrolysis) is 1. The van der Waals surface area contributed by atoms with Crippen LogP contribution in [0.4, 0.5) is 9.59 Å². The van der Waals surface area contributed by atoms with Crippen molar-refractivity contribution < 1.29 is 27.5 Å². The molecule has 1 aliphatic rings. The number of carbonyl (C=O) groups excluding carboxylic acids is 2. The first-order valence-corrected chi connectivity index (χ1v) is 10.0. The minimum Gasteiger partial charge on any atom is -0.445 e. The fourth-order valence-electron chi connectivity index (χ4n) is 2.75. The molecule has 0 saturated heterocycles. The van der Waals surface area contributed by atoms with Gasteiger partial charge in [0.05, 0.1) is 5.75 Å².